The highest BCUT2D eigenvalue weighted by molar-refractivity contribution is 7.94. The van der Waals surface area contributed by atoms with Gasteiger partial charge in [0.25, 0.3) is 15.9 Å². The van der Waals surface area contributed by atoms with Crippen LogP contribution in [-0.2, 0) is 16.4 Å². The molecule has 0 aliphatic heterocycles. The first-order valence-electron chi connectivity index (χ1n) is 8.04. The maximum atomic E-state index is 12.5. The highest BCUT2D eigenvalue weighted by atomic mass is 32.2. The molecule has 0 atom stereocenters. The highest BCUT2D eigenvalue weighted by Gasteiger charge is 2.19. The standard InChI is InChI=1S/C19H18N2O3S2/c22-19(20-13-12-15-7-2-1-3-8-15)16-9-4-5-10-17(16)21-26(23,24)18-11-6-14-25-18/h1-11,14,21H,12-13H2,(H,20,22). The summed E-state index contributed by atoms with van der Waals surface area (Å²) in [6.45, 7) is 0.467. The molecule has 134 valence electrons. The maximum absolute atomic E-state index is 12.5. The van der Waals surface area contributed by atoms with E-state index in [9.17, 15) is 13.2 Å². The number of carbonyl (C=O) groups is 1. The quantitative estimate of drug-likeness (QED) is 0.652. The molecule has 1 amide bonds. The number of amides is 1. The molecule has 3 aromatic rings. The Bertz CT molecular complexity index is 969. The molecule has 0 radical (unpaired) electrons. The van der Waals surface area contributed by atoms with E-state index in [1.165, 1.54) is 6.07 Å². The van der Waals surface area contributed by atoms with Crippen molar-refractivity contribution in [2.75, 3.05) is 11.3 Å². The van der Waals surface area contributed by atoms with Crippen molar-refractivity contribution in [1.29, 1.82) is 0 Å². The fourth-order valence-corrected chi connectivity index (χ4v) is 4.51. The van der Waals surface area contributed by atoms with Gasteiger partial charge in [0.1, 0.15) is 4.21 Å². The van der Waals surface area contributed by atoms with Gasteiger partial charge in [0.05, 0.1) is 11.3 Å². The van der Waals surface area contributed by atoms with Gasteiger partial charge >= 0.3 is 0 Å². The Morgan fingerprint density at radius 1 is 0.923 bits per heavy atom. The van der Waals surface area contributed by atoms with Crippen LogP contribution in [0, 0.1) is 0 Å². The molecule has 0 saturated carbocycles. The molecule has 1 aromatic heterocycles. The van der Waals surface area contributed by atoms with Crippen molar-refractivity contribution >= 4 is 33.0 Å². The second-order valence-electron chi connectivity index (χ2n) is 5.57. The Balaban J connectivity index is 1.69. The first-order valence-corrected chi connectivity index (χ1v) is 10.4. The summed E-state index contributed by atoms with van der Waals surface area (Å²) in [5.41, 5.74) is 1.68. The molecule has 5 nitrogen and oxygen atoms in total. The van der Waals surface area contributed by atoms with E-state index in [4.69, 9.17) is 0 Å². The first kappa shape index (κ1) is 18.2. The van der Waals surface area contributed by atoms with Gasteiger partial charge in [-0.15, -0.1) is 11.3 Å². The van der Waals surface area contributed by atoms with Crippen molar-refractivity contribution in [3.63, 3.8) is 0 Å². The van der Waals surface area contributed by atoms with E-state index in [0.29, 0.717) is 18.5 Å². The lowest BCUT2D eigenvalue weighted by Gasteiger charge is -2.12. The summed E-state index contributed by atoms with van der Waals surface area (Å²) in [5.74, 6) is -0.314. The van der Waals surface area contributed by atoms with Crippen LogP contribution in [0.4, 0.5) is 5.69 Å². The van der Waals surface area contributed by atoms with Crippen LogP contribution in [0.5, 0.6) is 0 Å². The van der Waals surface area contributed by atoms with Crippen molar-refractivity contribution in [1.82, 2.24) is 5.32 Å². The molecule has 26 heavy (non-hydrogen) atoms. The number of benzene rings is 2. The van der Waals surface area contributed by atoms with E-state index in [1.807, 2.05) is 30.3 Å². The molecule has 1 heterocycles. The Labute approximate surface area is 156 Å². The third kappa shape index (κ3) is 4.50. The number of anilines is 1. The monoisotopic (exact) mass is 386 g/mol. The number of thiophene rings is 1. The molecule has 0 bridgehead atoms. The van der Waals surface area contributed by atoms with E-state index in [1.54, 1.807) is 35.7 Å². The van der Waals surface area contributed by atoms with E-state index >= 15 is 0 Å². The number of nitrogens with one attached hydrogen (secondary N) is 2. The van der Waals surface area contributed by atoms with Gasteiger partial charge in [-0.25, -0.2) is 8.42 Å². The molecule has 0 aliphatic rings. The average Bonchev–Trinajstić information content (AvgIpc) is 3.18. The van der Waals surface area contributed by atoms with Crippen LogP contribution < -0.4 is 10.0 Å². The lowest BCUT2D eigenvalue weighted by atomic mass is 10.1. The summed E-state index contributed by atoms with van der Waals surface area (Å²) in [5, 5.41) is 4.53. The molecule has 0 unspecified atom stereocenters. The zero-order valence-corrected chi connectivity index (χ0v) is 15.5. The van der Waals surface area contributed by atoms with Crippen LogP contribution in [0.3, 0.4) is 0 Å². The summed E-state index contributed by atoms with van der Waals surface area (Å²) >= 11 is 1.12. The largest absolute Gasteiger partial charge is 0.352 e. The smallest absolute Gasteiger partial charge is 0.271 e. The molecule has 0 spiro atoms. The van der Waals surface area contributed by atoms with Crippen molar-refractivity contribution in [3.8, 4) is 0 Å². The number of hydrogen-bond acceptors (Lipinski definition) is 4. The van der Waals surface area contributed by atoms with Crippen LogP contribution in [0.1, 0.15) is 15.9 Å². The first-order chi connectivity index (χ1) is 12.6. The van der Waals surface area contributed by atoms with Gasteiger partial charge in [-0.05, 0) is 35.6 Å². The molecular weight excluding hydrogens is 368 g/mol. The predicted molar refractivity (Wildman–Crippen MR) is 104 cm³/mol. The van der Waals surface area contributed by atoms with E-state index in [0.717, 1.165) is 16.9 Å². The minimum Gasteiger partial charge on any atom is -0.352 e. The number of sulfonamides is 1. The third-order valence-electron chi connectivity index (χ3n) is 3.72. The Kier molecular flexibility index (Phi) is 5.70. The van der Waals surface area contributed by atoms with Crippen LogP contribution in [0.2, 0.25) is 0 Å². The van der Waals surface area contributed by atoms with Crippen molar-refractivity contribution in [2.24, 2.45) is 0 Å². The fraction of sp³-hybridized carbons (Fsp3) is 0.105. The molecule has 3 rings (SSSR count). The molecule has 0 saturated heterocycles. The molecule has 0 fully saturated rings. The summed E-state index contributed by atoms with van der Waals surface area (Å²) in [4.78, 5) is 12.5. The van der Waals surface area contributed by atoms with Crippen LogP contribution >= 0.6 is 11.3 Å². The Morgan fingerprint density at radius 2 is 1.65 bits per heavy atom. The summed E-state index contributed by atoms with van der Waals surface area (Å²) in [7, 11) is -3.70. The van der Waals surface area contributed by atoms with E-state index < -0.39 is 10.0 Å². The number of rotatable bonds is 7. The minimum atomic E-state index is -3.70. The molecule has 2 aromatic carbocycles. The van der Waals surface area contributed by atoms with Crippen LogP contribution in [0.25, 0.3) is 0 Å². The SMILES string of the molecule is O=C(NCCc1ccccc1)c1ccccc1NS(=O)(=O)c1cccs1. The van der Waals surface area contributed by atoms with Gasteiger partial charge in [-0.1, -0.05) is 48.5 Å². The zero-order chi connectivity index (χ0) is 18.4. The number of carbonyl (C=O) groups excluding carboxylic acids is 1. The maximum Gasteiger partial charge on any atom is 0.271 e. The Hall–Kier alpha value is -2.64. The second kappa shape index (κ2) is 8.16. The number of para-hydroxylation sites is 1. The van der Waals surface area contributed by atoms with Crippen molar-refractivity contribution in [3.05, 3.63) is 83.2 Å². The summed E-state index contributed by atoms with van der Waals surface area (Å²) in [6, 6.07) is 19.6. The topological polar surface area (TPSA) is 75.3 Å². The van der Waals surface area contributed by atoms with Crippen molar-refractivity contribution in [2.45, 2.75) is 10.6 Å². The molecule has 2 N–H and O–H groups in total. The summed E-state index contributed by atoms with van der Waals surface area (Å²) < 4.78 is 27.5. The average molecular weight is 386 g/mol. The van der Waals surface area contributed by atoms with E-state index in [-0.39, 0.29) is 15.8 Å². The lowest BCUT2D eigenvalue weighted by molar-refractivity contribution is 0.0955. The van der Waals surface area contributed by atoms with E-state index in [2.05, 4.69) is 10.0 Å². The molecule has 0 aliphatic carbocycles. The summed E-state index contributed by atoms with van der Waals surface area (Å²) in [6.07, 6.45) is 0.704. The zero-order valence-electron chi connectivity index (χ0n) is 13.9. The van der Waals surface area contributed by atoms with Gasteiger partial charge in [0, 0.05) is 6.54 Å². The minimum absolute atomic E-state index is 0.205. The van der Waals surface area contributed by atoms with Gasteiger partial charge in [-0.3, -0.25) is 9.52 Å². The highest BCUT2D eigenvalue weighted by Crippen LogP contribution is 2.22. The van der Waals surface area contributed by atoms with Gasteiger partial charge in [0.15, 0.2) is 0 Å². The third-order valence-corrected chi connectivity index (χ3v) is 6.48. The normalized spacial score (nSPS) is 11.1. The molecule has 7 heteroatoms. The van der Waals surface area contributed by atoms with Gasteiger partial charge in [0.2, 0.25) is 0 Å². The number of hydrogen-bond donors (Lipinski definition) is 2. The van der Waals surface area contributed by atoms with Gasteiger partial charge < -0.3 is 5.32 Å². The van der Waals surface area contributed by atoms with Crippen LogP contribution in [0.15, 0.2) is 76.3 Å². The molecular formula is C19H18N2O3S2. The van der Waals surface area contributed by atoms with Gasteiger partial charge in [-0.2, -0.15) is 0 Å². The Morgan fingerprint density at radius 3 is 2.38 bits per heavy atom. The van der Waals surface area contributed by atoms with Crippen LogP contribution in [-0.4, -0.2) is 20.9 Å². The second-order valence-corrected chi connectivity index (χ2v) is 8.43. The predicted octanol–water partition coefficient (Wildman–Crippen LogP) is 3.52. The fourth-order valence-electron chi connectivity index (χ4n) is 2.44. The lowest BCUT2D eigenvalue weighted by Crippen LogP contribution is -2.27. The van der Waals surface area contributed by atoms with Crippen molar-refractivity contribution < 1.29 is 13.2 Å².